The zero-order chi connectivity index (χ0) is 14.1. The first-order valence-electron chi connectivity index (χ1n) is 6.60. The predicted molar refractivity (Wildman–Crippen MR) is 75.9 cm³/mol. The Labute approximate surface area is 125 Å². The maximum absolute atomic E-state index is 10.9. The van der Waals surface area contributed by atoms with Crippen molar-refractivity contribution in [2.24, 2.45) is 0 Å². The molecule has 6 nitrogen and oxygen atoms in total. The van der Waals surface area contributed by atoms with Gasteiger partial charge in [0.2, 0.25) is 0 Å². The average Bonchev–Trinajstić information content (AvgIpc) is 3.08. The molecule has 3 rings (SSSR count). The van der Waals surface area contributed by atoms with Crippen LogP contribution in [0.5, 0.6) is 0 Å². The monoisotopic (exact) mass is 316 g/mol. The Morgan fingerprint density at radius 3 is 2.85 bits per heavy atom. The molecule has 2 aliphatic heterocycles. The summed E-state index contributed by atoms with van der Waals surface area (Å²) in [5, 5.41) is 13.7. The first-order valence-corrected chi connectivity index (χ1v) is 8.70. The van der Waals surface area contributed by atoms with E-state index in [1.54, 1.807) is 0 Å². The lowest BCUT2D eigenvalue weighted by Gasteiger charge is -2.24. The van der Waals surface area contributed by atoms with Crippen molar-refractivity contribution in [3.05, 3.63) is 11.7 Å². The van der Waals surface area contributed by atoms with Crippen LogP contribution in [0.1, 0.15) is 42.8 Å². The van der Waals surface area contributed by atoms with Gasteiger partial charge in [0.25, 0.3) is 5.89 Å². The molecule has 1 N–H and O–H groups in total. The van der Waals surface area contributed by atoms with Crippen LogP contribution in [-0.2, 0) is 9.53 Å². The molecule has 0 saturated carbocycles. The van der Waals surface area contributed by atoms with Gasteiger partial charge in [0, 0.05) is 16.8 Å². The molecule has 2 fully saturated rings. The fraction of sp³-hybridized carbons (Fsp3) is 0.750. The van der Waals surface area contributed by atoms with Gasteiger partial charge in [-0.3, -0.25) is 0 Å². The summed E-state index contributed by atoms with van der Waals surface area (Å²) in [6.45, 7) is 2.17. The van der Waals surface area contributed by atoms with Crippen molar-refractivity contribution in [2.45, 2.75) is 42.5 Å². The van der Waals surface area contributed by atoms with Gasteiger partial charge in [0.1, 0.15) is 6.10 Å². The number of aromatic nitrogens is 2. The number of ether oxygens (including phenoxy) is 1. The number of hydrogen-bond acceptors (Lipinski definition) is 7. The Bertz CT molecular complexity index is 496. The third kappa shape index (κ3) is 2.82. The maximum atomic E-state index is 10.9. The summed E-state index contributed by atoms with van der Waals surface area (Å²) in [6, 6.07) is 0. The summed E-state index contributed by atoms with van der Waals surface area (Å²) >= 11 is 3.76. The van der Waals surface area contributed by atoms with Crippen LogP contribution in [0.3, 0.4) is 0 Å². The third-order valence-electron chi connectivity index (χ3n) is 3.47. The zero-order valence-corrected chi connectivity index (χ0v) is 12.7. The highest BCUT2D eigenvalue weighted by molar-refractivity contribution is 8.06. The molecule has 4 unspecified atom stereocenters. The van der Waals surface area contributed by atoms with E-state index in [1.807, 2.05) is 23.5 Å². The topological polar surface area (TPSA) is 85.5 Å². The Balaban J connectivity index is 1.69. The maximum Gasteiger partial charge on any atom is 0.332 e. The van der Waals surface area contributed by atoms with Gasteiger partial charge >= 0.3 is 5.97 Å². The molecule has 8 heteroatoms. The van der Waals surface area contributed by atoms with Gasteiger partial charge in [0.15, 0.2) is 11.9 Å². The zero-order valence-electron chi connectivity index (χ0n) is 11.0. The van der Waals surface area contributed by atoms with E-state index in [4.69, 9.17) is 14.4 Å². The van der Waals surface area contributed by atoms with Gasteiger partial charge < -0.3 is 14.4 Å². The van der Waals surface area contributed by atoms with E-state index in [9.17, 15) is 4.79 Å². The van der Waals surface area contributed by atoms with Crippen molar-refractivity contribution in [3.63, 3.8) is 0 Å². The average molecular weight is 316 g/mol. The first kappa shape index (κ1) is 14.2. The van der Waals surface area contributed by atoms with Crippen molar-refractivity contribution < 1.29 is 19.2 Å². The van der Waals surface area contributed by atoms with Gasteiger partial charge in [-0.1, -0.05) is 12.1 Å². The fourth-order valence-electron chi connectivity index (χ4n) is 2.41. The molecule has 110 valence electrons. The number of carbonyl (C=O) groups is 1. The van der Waals surface area contributed by atoms with Gasteiger partial charge in [-0.2, -0.15) is 16.7 Å². The Morgan fingerprint density at radius 2 is 2.15 bits per heavy atom. The number of rotatable bonds is 3. The molecule has 2 saturated heterocycles. The molecule has 1 aromatic heterocycles. The Kier molecular flexibility index (Phi) is 4.23. The number of aliphatic carboxylic acids is 1. The van der Waals surface area contributed by atoms with E-state index >= 15 is 0 Å². The minimum atomic E-state index is -0.930. The predicted octanol–water partition coefficient (Wildman–Crippen LogP) is 2.28. The molecule has 20 heavy (non-hydrogen) atoms. The molecule has 0 bridgehead atoms. The Morgan fingerprint density at radius 1 is 1.35 bits per heavy atom. The molecular formula is C12H16N2O4S2. The molecule has 0 aliphatic carbocycles. The summed E-state index contributed by atoms with van der Waals surface area (Å²) in [7, 11) is 0. The van der Waals surface area contributed by atoms with Crippen LogP contribution in [0.2, 0.25) is 0 Å². The van der Waals surface area contributed by atoms with E-state index in [-0.39, 0.29) is 11.4 Å². The first-order chi connectivity index (χ1) is 9.65. The smallest absolute Gasteiger partial charge is 0.332 e. The van der Waals surface area contributed by atoms with Gasteiger partial charge in [-0.05, 0) is 12.8 Å². The van der Waals surface area contributed by atoms with E-state index in [0.717, 1.165) is 11.5 Å². The summed E-state index contributed by atoms with van der Waals surface area (Å²) < 4.78 is 10.7. The van der Waals surface area contributed by atoms with Crippen LogP contribution in [-0.4, -0.2) is 44.1 Å². The molecule has 0 amide bonds. The molecular weight excluding hydrogens is 300 g/mol. The van der Waals surface area contributed by atoms with Crippen molar-refractivity contribution in [1.82, 2.24) is 10.1 Å². The fourth-order valence-corrected chi connectivity index (χ4v) is 5.09. The minimum absolute atomic E-state index is 0.239. The standard InChI is InChI=1S/C12H16N2O4S2/c1-6-9(20-5-4-19-6)10-13-11(18-14-10)7-2-3-8(17-7)12(15)16/h6-9H,2-5H2,1H3,(H,15,16). The highest BCUT2D eigenvalue weighted by Crippen LogP contribution is 2.42. The number of hydrogen-bond donors (Lipinski definition) is 1. The lowest BCUT2D eigenvalue weighted by molar-refractivity contribution is -0.150. The van der Waals surface area contributed by atoms with Crippen LogP contribution in [0.25, 0.3) is 0 Å². The van der Waals surface area contributed by atoms with Crippen molar-refractivity contribution >= 4 is 29.5 Å². The molecule has 1 aromatic rings. The summed E-state index contributed by atoms with van der Waals surface area (Å²) in [5.74, 6) is 2.42. The molecule has 0 aromatic carbocycles. The number of carboxylic acid groups (broad SMARTS) is 1. The van der Waals surface area contributed by atoms with Gasteiger partial charge in [0.05, 0.1) is 5.25 Å². The minimum Gasteiger partial charge on any atom is -0.479 e. The normalized spacial score (nSPS) is 34.2. The van der Waals surface area contributed by atoms with Crippen LogP contribution in [0, 0.1) is 0 Å². The van der Waals surface area contributed by atoms with Crippen LogP contribution in [0.4, 0.5) is 0 Å². The summed E-state index contributed by atoms with van der Waals surface area (Å²) in [4.78, 5) is 15.3. The number of thioether (sulfide) groups is 2. The van der Waals surface area contributed by atoms with E-state index in [1.165, 1.54) is 0 Å². The molecule has 4 atom stereocenters. The quantitative estimate of drug-likeness (QED) is 0.909. The molecule has 2 aliphatic rings. The molecule has 0 spiro atoms. The van der Waals surface area contributed by atoms with E-state index in [2.05, 4.69) is 17.1 Å². The lowest BCUT2D eigenvalue weighted by Crippen LogP contribution is -2.18. The Hall–Kier alpha value is -0.730. The second-order valence-electron chi connectivity index (χ2n) is 4.89. The SMILES string of the molecule is CC1SCCSC1c1noc(C2CCC(C(=O)O)O2)n1. The number of carboxylic acids is 1. The van der Waals surface area contributed by atoms with Crippen LogP contribution >= 0.6 is 23.5 Å². The highest BCUT2D eigenvalue weighted by Gasteiger charge is 2.36. The summed E-state index contributed by atoms with van der Waals surface area (Å²) in [5.41, 5.74) is 0. The summed E-state index contributed by atoms with van der Waals surface area (Å²) in [6.07, 6.45) is -0.0363. The van der Waals surface area contributed by atoms with Crippen LogP contribution in [0.15, 0.2) is 4.52 Å². The van der Waals surface area contributed by atoms with E-state index < -0.39 is 12.1 Å². The second kappa shape index (κ2) is 5.95. The van der Waals surface area contributed by atoms with Crippen LogP contribution < -0.4 is 0 Å². The van der Waals surface area contributed by atoms with Crippen molar-refractivity contribution in [1.29, 1.82) is 0 Å². The van der Waals surface area contributed by atoms with Crippen molar-refractivity contribution in [2.75, 3.05) is 11.5 Å². The molecule has 3 heterocycles. The van der Waals surface area contributed by atoms with E-state index in [0.29, 0.717) is 29.8 Å². The molecule has 0 radical (unpaired) electrons. The van der Waals surface area contributed by atoms with Gasteiger partial charge in [-0.25, -0.2) is 4.79 Å². The second-order valence-corrected chi connectivity index (χ2v) is 7.62. The lowest BCUT2D eigenvalue weighted by atomic mass is 10.2. The third-order valence-corrected chi connectivity index (χ3v) is 6.56. The number of nitrogens with zero attached hydrogens (tertiary/aromatic N) is 2. The van der Waals surface area contributed by atoms with Gasteiger partial charge in [-0.15, -0.1) is 11.8 Å². The van der Waals surface area contributed by atoms with Crippen molar-refractivity contribution in [3.8, 4) is 0 Å². The highest BCUT2D eigenvalue weighted by atomic mass is 32.2. The largest absolute Gasteiger partial charge is 0.479 e.